The number of likely N-dealkylation sites (tertiary alicyclic amines) is 1. The Bertz CT molecular complexity index is 1380. The van der Waals surface area contributed by atoms with Crippen LogP contribution in [-0.4, -0.2) is 63.9 Å². The number of carboxylic acid groups (broad SMARTS) is 1. The molecule has 2 heterocycles. The maximum Gasteiger partial charge on any atom is 0.303 e. The van der Waals surface area contributed by atoms with Crippen LogP contribution < -0.4 is 5.32 Å². The van der Waals surface area contributed by atoms with Gasteiger partial charge >= 0.3 is 5.97 Å². The predicted molar refractivity (Wildman–Crippen MR) is 165 cm³/mol. The smallest absolute Gasteiger partial charge is 0.303 e. The minimum atomic E-state index is -0.844. The number of benzene rings is 3. The fraction of sp³-hybridized carbons (Fsp3) is 0.429. The Balaban J connectivity index is 1.27. The number of aliphatic carboxylic acids is 1. The summed E-state index contributed by atoms with van der Waals surface area (Å²) in [5.74, 6) is -0.936. The summed E-state index contributed by atoms with van der Waals surface area (Å²) in [5.41, 5.74) is 5.81. The molecular weight excluding hydrogens is 560 g/mol. The number of aliphatic hydroxyl groups is 2. The Morgan fingerprint density at radius 3 is 2.34 bits per heavy atom. The van der Waals surface area contributed by atoms with E-state index in [0.717, 1.165) is 52.9 Å². The van der Waals surface area contributed by atoms with Crippen molar-refractivity contribution >= 4 is 11.9 Å². The zero-order valence-electron chi connectivity index (χ0n) is 24.9. The van der Waals surface area contributed by atoms with Gasteiger partial charge in [0.15, 0.2) is 6.29 Å². The van der Waals surface area contributed by atoms with Crippen LogP contribution in [0.2, 0.25) is 0 Å². The molecule has 234 valence electrons. The Hall–Kier alpha value is -3.60. The van der Waals surface area contributed by atoms with Crippen molar-refractivity contribution in [3.63, 3.8) is 0 Å². The Kier molecular flexibility index (Phi) is 11.1. The molecule has 0 aromatic heterocycles. The van der Waals surface area contributed by atoms with Crippen LogP contribution in [0.3, 0.4) is 0 Å². The first-order valence-corrected chi connectivity index (χ1v) is 15.5. The van der Waals surface area contributed by atoms with E-state index >= 15 is 0 Å². The van der Waals surface area contributed by atoms with Gasteiger partial charge in [0.2, 0.25) is 5.91 Å². The summed E-state index contributed by atoms with van der Waals surface area (Å²) in [5, 5.41) is 31.2. The lowest BCUT2D eigenvalue weighted by Gasteiger charge is -2.38. The molecule has 1 amide bonds. The van der Waals surface area contributed by atoms with Crippen LogP contribution in [-0.2, 0) is 32.2 Å². The molecule has 44 heavy (non-hydrogen) atoms. The highest BCUT2D eigenvalue weighted by Gasteiger charge is 2.34. The molecule has 4 N–H and O–H groups in total. The molecule has 0 saturated carbocycles. The number of ether oxygens (including phenoxy) is 2. The van der Waals surface area contributed by atoms with Gasteiger partial charge in [-0.25, -0.2) is 0 Å². The normalized spacial score (nSPS) is 22.1. The van der Waals surface area contributed by atoms with Crippen molar-refractivity contribution in [3.05, 3.63) is 95.1 Å². The van der Waals surface area contributed by atoms with Gasteiger partial charge in [-0.05, 0) is 47.1 Å². The van der Waals surface area contributed by atoms with E-state index in [2.05, 4.69) is 10.2 Å². The van der Waals surface area contributed by atoms with E-state index in [-0.39, 0.29) is 37.2 Å². The summed E-state index contributed by atoms with van der Waals surface area (Å²) < 4.78 is 13.0. The molecule has 4 unspecified atom stereocenters. The lowest BCUT2D eigenvalue weighted by Crippen LogP contribution is -2.38. The third-order valence-electron chi connectivity index (χ3n) is 8.36. The summed E-state index contributed by atoms with van der Waals surface area (Å²) in [4.78, 5) is 25.3. The van der Waals surface area contributed by atoms with Gasteiger partial charge in [-0.15, -0.1) is 0 Å². The van der Waals surface area contributed by atoms with E-state index < -0.39 is 12.3 Å². The van der Waals surface area contributed by atoms with Crippen molar-refractivity contribution in [2.24, 2.45) is 0 Å². The van der Waals surface area contributed by atoms with Crippen molar-refractivity contribution in [1.82, 2.24) is 10.2 Å². The third kappa shape index (κ3) is 8.74. The molecule has 0 spiro atoms. The summed E-state index contributed by atoms with van der Waals surface area (Å²) in [6, 6.07) is 23.9. The molecule has 3 aromatic rings. The number of rotatable bonds is 13. The second-order valence-corrected chi connectivity index (χ2v) is 11.7. The van der Waals surface area contributed by atoms with Crippen LogP contribution >= 0.6 is 0 Å². The van der Waals surface area contributed by atoms with Crippen molar-refractivity contribution in [2.75, 3.05) is 19.6 Å². The van der Waals surface area contributed by atoms with Crippen LogP contribution in [0.1, 0.15) is 73.2 Å². The van der Waals surface area contributed by atoms with Crippen molar-refractivity contribution in [1.29, 1.82) is 0 Å². The minimum absolute atomic E-state index is 0.00605. The summed E-state index contributed by atoms with van der Waals surface area (Å²) in [6.07, 6.45) is 1.77. The Labute approximate surface area is 258 Å². The van der Waals surface area contributed by atoms with E-state index in [4.69, 9.17) is 14.6 Å². The van der Waals surface area contributed by atoms with E-state index in [1.807, 2.05) is 72.8 Å². The lowest BCUT2D eigenvalue weighted by molar-refractivity contribution is -0.252. The topological polar surface area (TPSA) is 129 Å². The van der Waals surface area contributed by atoms with E-state index in [1.165, 1.54) is 0 Å². The number of carboxylic acids is 1. The number of nitrogens with one attached hydrogen (secondary N) is 1. The quantitative estimate of drug-likeness (QED) is 0.207. The van der Waals surface area contributed by atoms with Crippen LogP contribution in [0, 0.1) is 0 Å². The van der Waals surface area contributed by atoms with Gasteiger partial charge < -0.3 is 30.1 Å². The first-order chi connectivity index (χ1) is 21.4. The second kappa shape index (κ2) is 15.4. The molecule has 9 heteroatoms. The maximum absolute atomic E-state index is 12.3. The van der Waals surface area contributed by atoms with Gasteiger partial charge in [-0.2, -0.15) is 0 Å². The molecule has 2 aliphatic heterocycles. The van der Waals surface area contributed by atoms with Crippen LogP contribution in [0.15, 0.2) is 72.8 Å². The first kappa shape index (κ1) is 31.8. The summed E-state index contributed by atoms with van der Waals surface area (Å²) >= 11 is 0. The molecule has 4 atom stereocenters. The first-order valence-electron chi connectivity index (χ1n) is 15.5. The summed E-state index contributed by atoms with van der Waals surface area (Å²) in [6.45, 7) is 2.60. The predicted octanol–water partition coefficient (Wildman–Crippen LogP) is 4.72. The van der Waals surface area contributed by atoms with Gasteiger partial charge in [0.1, 0.15) is 0 Å². The Morgan fingerprint density at radius 1 is 0.909 bits per heavy atom. The number of aliphatic hydroxyl groups excluding tert-OH is 2. The molecule has 2 fully saturated rings. The lowest BCUT2D eigenvalue weighted by atomic mass is 9.97. The molecule has 2 aliphatic rings. The van der Waals surface area contributed by atoms with E-state index in [0.29, 0.717) is 38.8 Å². The number of amides is 1. The number of nitrogens with zero attached hydrogens (tertiary/aromatic N) is 1. The molecule has 9 nitrogen and oxygen atoms in total. The maximum atomic E-state index is 12.3. The van der Waals surface area contributed by atoms with Crippen molar-refractivity contribution in [2.45, 2.75) is 76.3 Å². The number of hydrogen-bond donors (Lipinski definition) is 4. The van der Waals surface area contributed by atoms with E-state index in [1.54, 1.807) is 0 Å². The van der Waals surface area contributed by atoms with Gasteiger partial charge in [-0.1, -0.05) is 72.8 Å². The molecule has 5 rings (SSSR count). The molecule has 0 bridgehead atoms. The molecule has 2 saturated heterocycles. The molecule has 0 radical (unpaired) electrons. The molecular formula is C35H42N2O7. The van der Waals surface area contributed by atoms with Gasteiger partial charge in [0, 0.05) is 51.0 Å². The van der Waals surface area contributed by atoms with Crippen LogP contribution in [0.4, 0.5) is 0 Å². The minimum Gasteiger partial charge on any atom is -0.481 e. The largest absolute Gasteiger partial charge is 0.481 e. The fourth-order valence-electron chi connectivity index (χ4n) is 5.92. The summed E-state index contributed by atoms with van der Waals surface area (Å²) in [7, 11) is 0. The number of carbonyl (C=O) groups excluding carboxylic acids is 1. The van der Waals surface area contributed by atoms with Crippen molar-refractivity contribution in [3.8, 4) is 11.1 Å². The average molecular weight is 603 g/mol. The highest BCUT2D eigenvalue weighted by atomic mass is 16.7. The van der Waals surface area contributed by atoms with Gasteiger partial charge in [0.05, 0.1) is 24.9 Å². The van der Waals surface area contributed by atoms with Crippen LogP contribution in [0.25, 0.3) is 11.1 Å². The van der Waals surface area contributed by atoms with Gasteiger partial charge in [-0.3, -0.25) is 14.5 Å². The zero-order chi connectivity index (χ0) is 30.9. The SMILES string of the molecule is O=C(O)CCCCC(=O)NCc1ccccc1-c1ccc(C2OC(CN3CCC(O)C3)CC(c3ccc(CO)cc3)O2)cc1. The number of carbonyl (C=O) groups is 2. The number of β-amino-alcohol motifs (C(OH)–C–C–N with tert-alkyl or cyclic N) is 1. The highest BCUT2D eigenvalue weighted by molar-refractivity contribution is 5.76. The Morgan fingerprint density at radius 2 is 1.64 bits per heavy atom. The third-order valence-corrected chi connectivity index (χ3v) is 8.36. The molecule has 3 aromatic carbocycles. The highest BCUT2D eigenvalue weighted by Crippen LogP contribution is 2.39. The second-order valence-electron chi connectivity index (χ2n) is 11.7. The van der Waals surface area contributed by atoms with Crippen LogP contribution in [0.5, 0.6) is 0 Å². The fourth-order valence-corrected chi connectivity index (χ4v) is 5.92. The standard InChI is InChI=1S/C35H42N2O7/c38-23-24-9-11-26(12-10-24)32-19-30(22-37-18-17-29(39)21-37)43-35(44-32)27-15-13-25(14-16-27)31-6-2-1-5-28(31)20-36-33(40)7-3-4-8-34(41)42/h1-2,5-6,9-16,29-30,32,35,38-39H,3-4,7-8,17-23H2,(H,36,40)(H,41,42). The average Bonchev–Trinajstić information content (AvgIpc) is 3.46. The number of unbranched alkanes of at least 4 members (excludes halogenated alkanes) is 1. The number of hydrogen-bond acceptors (Lipinski definition) is 7. The molecule has 0 aliphatic carbocycles. The van der Waals surface area contributed by atoms with E-state index in [9.17, 15) is 19.8 Å². The monoisotopic (exact) mass is 602 g/mol. The van der Waals surface area contributed by atoms with Crippen molar-refractivity contribution < 1.29 is 34.4 Å². The van der Waals surface area contributed by atoms with Gasteiger partial charge in [0.25, 0.3) is 0 Å². The zero-order valence-corrected chi connectivity index (χ0v) is 24.9.